The van der Waals surface area contributed by atoms with Gasteiger partial charge in [-0.15, -0.1) is 10.2 Å². The van der Waals surface area contributed by atoms with Crippen LogP contribution in [0.3, 0.4) is 0 Å². The van der Waals surface area contributed by atoms with E-state index in [0.717, 1.165) is 49.3 Å². The third-order valence-electron chi connectivity index (χ3n) is 7.47. The molecule has 5 aliphatic carbocycles. The van der Waals surface area contributed by atoms with Crippen LogP contribution in [-0.2, 0) is 10.2 Å². The number of amides is 3. The number of hydrogen-bond donors (Lipinski definition) is 2. The van der Waals surface area contributed by atoms with E-state index in [1.807, 2.05) is 0 Å². The van der Waals surface area contributed by atoms with E-state index in [1.165, 1.54) is 50.3 Å². The zero-order valence-electron chi connectivity index (χ0n) is 17.0. The van der Waals surface area contributed by atoms with Crippen molar-refractivity contribution in [1.82, 2.24) is 20.8 Å². The minimum absolute atomic E-state index is 0.0627. The maximum Gasteiger partial charge on any atom is 0.321 e. The van der Waals surface area contributed by atoms with Crippen LogP contribution < -0.4 is 10.6 Å². The smallest absolute Gasteiger partial charge is 0.321 e. The van der Waals surface area contributed by atoms with Crippen LogP contribution in [0.25, 0.3) is 0 Å². The summed E-state index contributed by atoms with van der Waals surface area (Å²) in [5.74, 6) is 2.87. The van der Waals surface area contributed by atoms with Crippen LogP contribution in [0.15, 0.2) is 9.64 Å². The Morgan fingerprint density at radius 1 is 1.07 bits per heavy atom. The lowest BCUT2D eigenvalue weighted by Crippen LogP contribution is -2.48. The third kappa shape index (κ3) is 3.92. The summed E-state index contributed by atoms with van der Waals surface area (Å²) in [6.07, 6.45) is 11.9. The maximum atomic E-state index is 12.4. The van der Waals surface area contributed by atoms with Gasteiger partial charge < -0.3 is 9.73 Å². The fourth-order valence-corrected chi connectivity index (χ4v) is 7.24. The van der Waals surface area contributed by atoms with Crippen molar-refractivity contribution in [3.8, 4) is 0 Å². The van der Waals surface area contributed by atoms with Gasteiger partial charge in [-0.1, -0.05) is 24.6 Å². The van der Waals surface area contributed by atoms with E-state index in [1.54, 1.807) is 6.92 Å². The van der Waals surface area contributed by atoms with Gasteiger partial charge in [-0.2, -0.15) is 0 Å². The molecular weight excluding hydrogens is 388 g/mol. The second kappa shape index (κ2) is 7.60. The molecule has 29 heavy (non-hydrogen) atoms. The van der Waals surface area contributed by atoms with Gasteiger partial charge in [0.2, 0.25) is 11.8 Å². The molecule has 7 nitrogen and oxygen atoms in total. The molecule has 0 aromatic carbocycles. The van der Waals surface area contributed by atoms with E-state index in [9.17, 15) is 9.59 Å². The lowest BCUT2D eigenvalue weighted by Gasteiger charge is -2.55. The third-order valence-corrected chi connectivity index (χ3v) is 8.41. The van der Waals surface area contributed by atoms with Crippen LogP contribution >= 0.6 is 11.8 Å². The average molecular weight is 419 g/mol. The second-order valence-electron chi connectivity index (χ2n) is 9.78. The molecule has 0 aliphatic heterocycles. The topological polar surface area (TPSA) is 97.1 Å². The van der Waals surface area contributed by atoms with Gasteiger partial charge in [-0.25, -0.2) is 4.79 Å². The molecule has 0 unspecified atom stereocenters. The molecule has 5 fully saturated rings. The Hall–Kier alpha value is -1.57. The zero-order chi connectivity index (χ0) is 20.0. The highest BCUT2D eigenvalue weighted by molar-refractivity contribution is 8.00. The molecule has 4 bridgehead atoms. The predicted molar refractivity (Wildman–Crippen MR) is 108 cm³/mol. The normalized spacial score (nSPS) is 34.3. The number of hydrogen-bond acceptors (Lipinski definition) is 6. The summed E-state index contributed by atoms with van der Waals surface area (Å²) in [5, 5.41) is 13.9. The minimum Gasteiger partial charge on any atom is -0.415 e. The number of aromatic nitrogens is 2. The first-order chi connectivity index (χ1) is 14.0. The second-order valence-corrected chi connectivity index (χ2v) is 11.1. The first kappa shape index (κ1) is 19.4. The van der Waals surface area contributed by atoms with Gasteiger partial charge in [0.15, 0.2) is 0 Å². The lowest BCUT2D eigenvalue weighted by atomic mass is 9.49. The summed E-state index contributed by atoms with van der Waals surface area (Å²) in [6, 6.07) is -0.223. The SMILES string of the molecule is C[C@H](Sc1nnc(C23CC4CC(CC(C4)C2)C3)o1)C(=O)NC(=O)NC1CCCC1. The summed E-state index contributed by atoms with van der Waals surface area (Å²) in [7, 11) is 0. The number of carbonyl (C=O) groups is 2. The van der Waals surface area contributed by atoms with Crippen molar-refractivity contribution in [3.05, 3.63) is 5.89 Å². The molecule has 6 rings (SSSR count). The first-order valence-electron chi connectivity index (χ1n) is 11.1. The molecule has 8 heteroatoms. The van der Waals surface area contributed by atoms with Crippen molar-refractivity contribution in [1.29, 1.82) is 0 Å². The van der Waals surface area contributed by atoms with Gasteiger partial charge >= 0.3 is 6.03 Å². The molecule has 5 aliphatic rings. The molecule has 0 saturated heterocycles. The lowest BCUT2D eigenvalue weighted by molar-refractivity contribution is -0.119. The highest BCUT2D eigenvalue weighted by atomic mass is 32.2. The molecule has 158 valence electrons. The quantitative estimate of drug-likeness (QED) is 0.706. The highest BCUT2D eigenvalue weighted by Gasteiger charge is 2.54. The van der Waals surface area contributed by atoms with E-state index in [2.05, 4.69) is 20.8 Å². The van der Waals surface area contributed by atoms with E-state index in [4.69, 9.17) is 4.42 Å². The number of thioether (sulfide) groups is 1. The molecule has 3 amide bonds. The monoisotopic (exact) mass is 418 g/mol. The van der Waals surface area contributed by atoms with Crippen molar-refractivity contribution in [2.24, 2.45) is 17.8 Å². The Balaban J connectivity index is 1.18. The Morgan fingerprint density at radius 2 is 1.69 bits per heavy atom. The fraction of sp³-hybridized carbons (Fsp3) is 0.810. The van der Waals surface area contributed by atoms with Crippen molar-refractivity contribution in [2.75, 3.05) is 0 Å². The maximum absolute atomic E-state index is 12.4. The molecule has 1 heterocycles. The zero-order valence-corrected chi connectivity index (χ0v) is 17.8. The predicted octanol–water partition coefficient (Wildman–Crippen LogP) is 3.79. The molecule has 2 N–H and O–H groups in total. The number of nitrogens with zero attached hydrogens (tertiary/aromatic N) is 2. The Bertz CT molecular complexity index is 753. The molecule has 1 aromatic rings. The Morgan fingerprint density at radius 3 is 2.31 bits per heavy atom. The number of nitrogens with one attached hydrogen (secondary N) is 2. The van der Waals surface area contributed by atoms with Crippen LogP contribution in [0.1, 0.15) is 77.0 Å². The van der Waals surface area contributed by atoms with Crippen LogP contribution in [0.5, 0.6) is 0 Å². The van der Waals surface area contributed by atoms with Crippen molar-refractivity contribution in [3.63, 3.8) is 0 Å². The molecule has 1 atom stereocenters. The van der Waals surface area contributed by atoms with Gasteiger partial charge in [0.05, 0.1) is 5.25 Å². The first-order valence-corrected chi connectivity index (χ1v) is 12.0. The van der Waals surface area contributed by atoms with Crippen molar-refractivity contribution in [2.45, 2.75) is 93.1 Å². The minimum atomic E-state index is -0.478. The molecule has 5 saturated carbocycles. The van der Waals surface area contributed by atoms with Gasteiger partial charge in [0.1, 0.15) is 0 Å². The number of urea groups is 1. The van der Waals surface area contributed by atoms with Gasteiger partial charge in [0.25, 0.3) is 5.22 Å². The Labute approximate surface area is 175 Å². The average Bonchev–Trinajstić information content (AvgIpc) is 3.32. The van der Waals surface area contributed by atoms with Gasteiger partial charge in [-0.05, 0) is 76.0 Å². The van der Waals surface area contributed by atoms with Crippen molar-refractivity contribution >= 4 is 23.7 Å². The fourth-order valence-electron chi connectivity index (χ4n) is 6.55. The van der Waals surface area contributed by atoms with Crippen LogP contribution in [0.4, 0.5) is 4.79 Å². The summed E-state index contributed by atoms with van der Waals surface area (Å²) in [4.78, 5) is 24.4. The van der Waals surface area contributed by atoms with Crippen LogP contribution in [0.2, 0.25) is 0 Å². The van der Waals surface area contributed by atoms with Crippen LogP contribution in [0, 0.1) is 17.8 Å². The molecule has 0 radical (unpaired) electrons. The Kier molecular flexibility index (Phi) is 5.08. The largest absolute Gasteiger partial charge is 0.415 e. The van der Waals surface area contributed by atoms with E-state index in [-0.39, 0.29) is 17.4 Å². The standard InChI is InChI=1S/C21H30N4O3S/c1-12(17(26)23-19(27)22-16-4-2-3-5-16)29-20-25-24-18(28-20)21-9-13-6-14(10-21)8-15(7-13)11-21/h12-16H,2-11H2,1H3,(H2,22,23,26,27)/t12-,13?,14?,15?,21?/m0/s1. The molecule has 1 aromatic heterocycles. The number of carbonyl (C=O) groups excluding carboxylic acids is 2. The van der Waals surface area contributed by atoms with Gasteiger partial charge in [0, 0.05) is 11.5 Å². The number of imide groups is 1. The van der Waals surface area contributed by atoms with Gasteiger partial charge in [-0.3, -0.25) is 10.1 Å². The van der Waals surface area contributed by atoms with Crippen LogP contribution in [-0.4, -0.2) is 33.4 Å². The number of rotatable bonds is 5. The summed E-state index contributed by atoms with van der Waals surface area (Å²) in [5.41, 5.74) is 0.0627. The van der Waals surface area contributed by atoms with E-state index in [0.29, 0.717) is 5.22 Å². The molecular formula is C21H30N4O3S. The summed E-state index contributed by atoms with van der Waals surface area (Å²) >= 11 is 1.23. The van der Waals surface area contributed by atoms with Crippen molar-refractivity contribution < 1.29 is 14.0 Å². The summed E-state index contributed by atoms with van der Waals surface area (Å²) in [6.45, 7) is 1.76. The molecule has 0 spiro atoms. The highest BCUT2D eigenvalue weighted by Crippen LogP contribution is 2.60. The summed E-state index contributed by atoms with van der Waals surface area (Å²) < 4.78 is 6.06. The van der Waals surface area contributed by atoms with E-state index < -0.39 is 11.3 Å². The van der Waals surface area contributed by atoms with E-state index >= 15 is 0 Å².